The van der Waals surface area contributed by atoms with Gasteiger partial charge in [0.05, 0.1) is 12.6 Å². The standard InChI is InChI=1S/C11H19N3O2/c1-3-9-6-14(5-4-10(9)15)7-11-12-8(2)13-16-11/h9-10,15H,3-7H2,1-2H3. The van der Waals surface area contributed by atoms with E-state index in [0.717, 1.165) is 25.9 Å². The minimum absolute atomic E-state index is 0.148. The van der Waals surface area contributed by atoms with Gasteiger partial charge in [0.1, 0.15) is 0 Å². The lowest BCUT2D eigenvalue weighted by Crippen LogP contribution is -2.42. The highest BCUT2D eigenvalue weighted by molar-refractivity contribution is 4.86. The van der Waals surface area contributed by atoms with Crippen molar-refractivity contribution in [1.82, 2.24) is 15.0 Å². The second-order valence-corrected chi connectivity index (χ2v) is 4.49. The van der Waals surface area contributed by atoms with Crippen LogP contribution in [-0.4, -0.2) is 39.3 Å². The zero-order valence-electron chi connectivity index (χ0n) is 9.89. The molecule has 1 saturated heterocycles. The molecule has 1 aromatic rings. The topological polar surface area (TPSA) is 62.4 Å². The first-order chi connectivity index (χ1) is 7.69. The molecule has 1 fully saturated rings. The third-order valence-corrected chi connectivity index (χ3v) is 3.23. The Labute approximate surface area is 95.4 Å². The molecule has 5 nitrogen and oxygen atoms in total. The minimum atomic E-state index is -0.148. The van der Waals surface area contributed by atoms with E-state index in [1.165, 1.54) is 0 Å². The van der Waals surface area contributed by atoms with E-state index in [1.54, 1.807) is 0 Å². The van der Waals surface area contributed by atoms with E-state index in [2.05, 4.69) is 22.0 Å². The number of aryl methyl sites for hydroxylation is 1. The van der Waals surface area contributed by atoms with E-state index in [9.17, 15) is 5.11 Å². The van der Waals surface area contributed by atoms with Gasteiger partial charge in [0, 0.05) is 13.1 Å². The molecule has 1 N–H and O–H groups in total. The number of hydrogen-bond acceptors (Lipinski definition) is 5. The summed E-state index contributed by atoms with van der Waals surface area (Å²) < 4.78 is 5.10. The SMILES string of the molecule is CCC1CN(Cc2nc(C)no2)CCC1O. The normalized spacial score (nSPS) is 27.2. The third-order valence-electron chi connectivity index (χ3n) is 3.23. The Morgan fingerprint density at radius 3 is 3.00 bits per heavy atom. The maximum atomic E-state index is 9.78. The smallest absolute Gasteiger partial charge is 0.240 e. The van der Waals surface area contributed by atoms with Gasteiger partial charge in [-0.05, 0) is 25.7 Å². The maximum Gasteiger partial charge on any atom is 0.240 e. The minimum Gasteiger partial charge on any atom is -0.393 e. The summed E-state index contributed by atoms with van der Waals surface area (Å²) in [5, 5.41) is 13.6. The Balaban J connectivity index is 1.91. The van der Waals surface area contributed by atoms with Crippen LogP contribution in [0, 0.1) is 12.8 Å². The molecule has 0 spiro atoms. The first kappa shape index (κ1) is 11.5. The van der Waals surface area contributed by atoms with Gasteiger partial charge in [-0.3, -0.25) is 4.90 Å². The molecule has 2 atom stereocenters. The van der Waals surface area contributed by atoms with Crippen molar-refractivity contribution < 1.29 is 9.63 Å². The van der Waals surface area contributed by atoms with Crippen LogP contribution in [0.25, 0.3) is 0 Å². The van der Waals surface area contributed by atoms with E-state index in [0.29, 0.717) is 24.2 Å². The number of aliphatic hydroxyl groups is 1. The van der Waals surface area contributed by atoms with Crippen molar-refractivity contribution in [3.8, 4) is 0 Å². The second kappa shape index (κ2) is 4.93. The summed E-state index contributed by atoms with van der Waals surface area (Å²) in [6.45, 7) is 6.46. The van der Waals surface area contributed by atoms with Crippen molar-refractivity contribution in [2.45, 2.75) is 39.3 Å². The van der Waals surface area contributed by atoms with Crippen molar-refractivity contribution in [1.29, 1.82) is 0 Å². The van der Waals surface area contributed by atoms with E-state index in [-0.39, 0.29) is 6.10 Å². The molecular formula is C11H19N3O2. The predicted octanol–water partition coefficient (Wildman–Crippen LogP) is 0.971. The lowest BCUT2D eigenvalue weighted by atomic mass is 9.92. The molecule has 0 radical (unpaired) electrons. The van der Waals surface area contributed by atoms with Gasteiger partial charge >= 0.3 is 0 Å². The first-order valence-electron chi connectivity index (χ1n) is 5.88. The van der Waals surface area contributed by atoms with Crippen LogP contribution in [0.4, 0.5) is 0 Å². The largest absolute Gasteiger partial charge is 0.393 e. The number of aliphatic hydroxyl groups excluding tert-OH is 1. The van der Waals surface area contributed by atoms with Crippen molar-refractivity contribution in [3.05, 3.63) is 11.7 Å². The van der Waals surface area contributed by atoms with E-state index in [1.807, 2.05) is 6.92 Å². The molecule has 16 heavy (non-hydrogen) atoms. The summed E-state index contributed by atoms with van der Waals surface area (Å²) >= 11 is 0. The van der Waals surface area contributed by atoms with Gasteiger partial charge in [-0.25, -0.2) is 0 Å². The van der Waals surface area contributed by atoms with Gasteiger partial charge in [-0.2, -0.15) is 4.98 Å². The average molecular weight is 225 g/mol. The van der Waals surface area contributed by atoms with Crippen LogP contribution in [0.5, 0.6) is 0 Å². The average Bonchev–Trinajstić information content (AvgIpc) is 2.67. The number of rotatable bonds is 3. The quantitative estimate of drug-likeness (QED) is 0.830. The van der Waals surface area contributed by atoms with Gasteiger partial charge in [-0.15, -0.1) is 0 Å². The maximum absolute atomic E-state index is 9.78. The summed E-state index contributed by atoms with van der Waals surface area (Å²) in [7, 11) is 0. The lowest BCUT2D eigenvalue weighted by Gasteiger charge is -2.34. The van der Waals surface area contributed by atoms with Crippen LogP contribution in [-0.2, 0) is 6.54 Å². The Morgan fingerprint density at radius 1 is 1.56 bits per heavy atom. The Morgan fingerprint density at radius 2 is 2.38 bits per heavy atom. The summed E-state index contributed by atoms with van der Waals surface area (Å²) in [6, 6.07) is 0. The summed E-state index contributed by atoms with van der Waals surface area (Å²) in [5.41, 5.74) is 0. The predicted molar refractivity (Wildman–Crippen MR) is 58.7 cm³/mol. The summed E-state index contributed by atoms with van der Waals surface area (Å²) in [5.74, 6) is 1.72. The first-order valence-corrected chi connectivity index (χ1v) is 5.88. The molecule has 90 valence electrons. The molecule has 1 aliphatic heterocycles. The van der Waals surface area contributed by atoms with Crippen molar-refractivity contribution in [3.63, 3.8) is 0 Å². The zero-order valence-corrected chi connectivity index (χ0v) is 9.89. The fourth-order valence-electron chi connectivity index (χ4n) is 2.24. The highest BCUT2D eigenvalue weighted by atomic mass is 16.5. The summed E-state index contributed by atoms with van der Waals surface area (Å²) in [4.78, 5) is 6.46. The highest BCUT2D eigenvalue weighted by Gasteiger charge is 2.27. The number of nitrogens with zero attached hydrogens (tertiary/aromatic N) is 3. The molecule has 2 unspecified atom stereocenters. The Bertz CT molecular complexity index is 340. The van der Waals surface area contributed by atoms with Gasteiger partial charge in [0.2, 0.25) is 5.89 Å². The van der Waals surface area contributed by atoms with Crippen LogP contribution in [0.15, 0.2) is 4.52 Å². The van der Waals surface area contributed by atoms with Crippen molar-refractivity contribution >= 4 is 0 Å². The molecule has 0 aromatic carbocycles. The third kappa shape index (κ3) is 2.59. The van der Waals surface area contributed by atoms with Crippen molar-refractivity contribution in [2.24, 2.45) is 5.92 Å². The molecule has 0 bridgehead atoms. The molecule has 5 heteroatoms. The van der Waals surface area contributed by atoms with Crippen LogP contribution in [0.3, 0.4) is 0 Å². The second-order valence-electron chi connectivity index (χ2n) is 4.49. The van der Waals surface area contributed by atoms with Crippen LogP contribution >= 0.6 is 0 Å². The van der Waals surface area contributed by atoms with Crippen molar-refractivity contribution in [2.75, 3.05) is 13.1 Å². The number of piperidine rings is 1. The summed E-state index contributed by atoms with van der Waals surface area (Å²) in [6.07, 6.45) is 1.71. The van der Waals surface area contributed by atoms with E-state index in [4.69, 9.17) is 4.52 Å². The fraction of sp³-hybridized carbons (Fsp3) is 0.818. The fourth-order valence-corrected chi connectivity index (χ4v) is 2.24. The molecule has 1 aromatic heterocycles. The highest BCUT2D eigenvalue weighted by Crippen LogP contribution is 2.21. The molecule has 0 aliphatic carbocycles. The van der Waals surface area contributed by atoms with Gasteiger partial charge < -0.3 is 9.63 Å². The van der Waals surface area contributed by atoms with Gasteiger partial charge in [-0.1, -0.05) is 12.1 Å². The van der Waals surface area contributed by atoms with Crippen LogP contribution < -0.4 is 0 Å². The monoisotopic (exact) mass is 225 g/mol. The van der Waals surface area contributed by atoms with E-state index >= 15 is 0 Å². The Kier molecular flexibility index (Phi) is 3.56. The molecule has 1 aliphatic rings. The van der Waals surface area contributed by atoms with Gasteiger partial charge in [0.15, 0.2) is 5.82 Å². The molecular weight excluding hydrogens is 206 g/mol. The van der Waals surface area contributed by atoms with Gasteiger partial charge in [0.25, 0.3) is 0 Å². The number of hydrogen-bond donors (Lipinski definition) is 1. The number of likely N-dealkylation sites (tertiary alicyclic amines) is 1. The number of aromatic nitrogens is 2. The zero-order chi connectivity index (χ0) is 11.5. The molecule has 2 heterocycles. The lowest BCUT2D eigenvalue weighted by molar-refractivity contribution is 0.0187. The molecule has 0 amide bonds. The van der Waals surface area contributed by atoms with Crippen LogP contribution in [0.1, 0.15) is 31.5 Å². The van der Waals surface area contributed by atoms with E-state index < -0.39 is 0 Å². The van der Waals surface area contributed by atoms with Crippen LogP contribution in [0.2, 0.25) is 0 Å². The molecule has 0 saturated carbocycles. The molecule has 2 rings (SSSR count). The Hall–Kier alpha value is -0.940.